The van der Waals surface area contributed by atoms with Crippen molar-refractivity contribution in [3.63, 3.8) is 0 Å². The van der Waals surface area contributed by atoms with Crippen molar-refractivity contribution < 1.29 is 24.9 Å². The van der Waals surface area contributed by atoms with E-state index in [2.05, 4.69) is 16.4 Å². The molecule has 0 aliphatic carbocycles. The molecule has 0 aliphatic heterocycles. The molecule has 24 heavy (non-hydrogen) atoms. The van der Waals surface area contributed by atoms with Crippen molar-refractivity contribution in [3.8, 4) is 0 Å². The van der Waals surface area contributed by atoms with Gasteiger partial charge in [0.1, 0.15) is 19.2 Å². The van der Waals surface area contributed by atoms with E-state index >= 15 is 0 Å². The number of esters is 1. The average molecular weight is 336 g/mol. The van der Waals surface area contributed by atoms with Gasteiger partial charge in [0.15, 0.2) is 6.04 Å². The summed E-state index contributed by atoms with van der Waals surface area (Å²) < 4.78 is 5.09. The zero-order valence-corrected chi connectivity index (χ0v) is 14.4. The fourth-order valence-electron chi connectivity index (χ4n) is 1.89. The number of hydrogen-bond acceptors (Lipinski definition) is 4. The standard InChI is InChI=1S/C17H25N3O4/c1-11(2)15(20-16(22)12(3)18)17(23)19-9-14(21)24-10-13-7-5-4-6-8-13/h4-8,11-12,15H,9-10,18H2,1-3H3,(H,19,23)(H,20,22)/p+1. The Morgan fingerprint density at radius 3 is 2.25 bits per heavy atom. The molecule has 1 rings (SSSR count). The molecule has 0 heterocycles. The van der Waals surface area contributed by atoms with Crippen LogP contribution in [0.5, 0.6) is 0 Å². The highest BCUT2D eigenvalue weighted by Crippen LogP contribution is 2.03. The summed E-state index contributed by atoms with van der Waals surface area (Å²) in [5.74, 6) is -1.38. The Morgan fingerprint density at radius 2 is 1.71 bits per heavy atom. The lowest BCUT2D eigenvalue weighted by molar-refractivity contribution is -0.398. The van der Waals surface area contributed by atoms with Crippen LogP contribution >= 0.6 is 0 Å². The molecular weight excluding hydrogens is 310 g/mol. The maximum Gasteiger partial charge on any atom is 0.325 e. The number of hydrogen-bond donors (Lipinski definition) is 3. The first-order valence-electron chi connectivity index (χ1n) is 7.92. The van der Waals surface area contributed by atoms with E-state index < -0.39 is 24.0 Å². The molecule has 0 spiro atoms. The molecule has 132 valence electrons. The molecule has 7 heteroatoms. The summed E-state index contributed by atoms with van der Waals surface area (Å²) in [6.07, 6.45) is 0. The maximum atomic E-state index is 12.2. The van der Waals surface area contributed by atoms with Crippen molar-refractivity contribution in [1.29, 1.82) is 0 Å². The molecule has 2 atom stereocenters. The predicted molar refractivity (Wildman–Crippen MR) is 88.4 cm³/mol. The molecule has 5 N–H and O–H groups in total. The van der Waals surface area contributed by atoms with Crippen LogP contribution in [-0.4, -0.2) is 36.4 Å². The van der Waals surface area contributed by atoms with Gasteiger partial charge in [-0.3, -0.25) is 14.4 Å². The zero-order chi connectivity index (χ0) is 18.1. The van der Waals surface area contributed by atoms with Gasteiger partial charge in [-0.25, -0.2) is 0 Å². The van der Waals surface area contributed by atoms with Crippen LogP contribution in [-0.2, 0) is 25.7 Å². The van der Waals surface area contributed by atoms with Gasteiger partial charge in [0.05, 0.1) is 0 Å². The summed E-state index contributed by atoms with van der Waals surface area (Å²) in [5.41, 5.74) is 4.49. The fraction of sp³-hybridized carbons (Fsp3) is 0.471. The Hall–Kier alpha value is -2.41. The van der Waals surface area contributed by atoms with E-state index in [1.54, 1.807) is 6.92 Å². The van der Waals surface area contributed by atoms with Crippen molar-refractivity contribution in [1.82, 2.24) is 10.6 Å². The molecule has 1 aromatic carbocycles. The van der Waals surface area contributed by atoms with E-state index in [4.69, 9.17) is 4.74 Å². The molecule has 2 amide bonds. The molecule has 0 bridgehead atoms. The van der Waals surface area contributed by atoms with E-state index in [9.17, 15) is 14.4 Å². The van der Waals surface area contributed by atoms with Crippen LogP contribution < -0.4 is 16.4 Å². The van der Waals surface area contributed by atoms with Crippen LogP contribution in [0, 0.1) is 5.92 Å². The average Bonchev–Trinajstić information content (AvgIpc) is 2.55. The highest BCUT2D eigenvalue weighted by molar-refractivity contribution is 5.90. The van der Waals surface area contributed by atoms with Gasteiger partial charge in [-0.2, -0.15) is 0 Å². The third-order valence-corrected chi connectivity index (χ3v) is 3.34. The highest BCUT2D eigenvalue weighted by atomic mass is 16.5. The lowest BCUT2D eigenvalue weighted by Crippen LogP contribution is -2.67. The second-order valence-electron chi connectivity index (χ2n) is 6.00. The van der Waals surface area contributed by atoms with Crippen molar-refractivity contribution in [3.05, 3.63) is 35.9 Å². The van der Waals surface area contributed by atoms with E-state index in [-0.39, 0.29) is 25.0 Å². The van der Waals surface area contributed by atoms with Crippen molar-refractivity contribution >= 4 is 17.8 Å². The Bertz CT molecular complexity index is 558. The number of carbonyl (C=O) groups is 3. The third kappa shape index (κ3) is 6.78. The van der Waals surface area contributed by atoms with Crippen LogP contribution in [0.2, 0.25) is 0 Å². The van der Waals surface area contributed by atoms with Gasteiger partial charge >= 0.3 is 5.97 Å². The van der Waals surface area contributed by atoms with Crippen molar-refractivity contribution in [2.24, 2.45) is 5.92 Å². The molecule has 0 radical (unpaired) electrons. The predicted octanol–water partition coefficient (Wildman–Crippen LogP) is -0.383. The van der Waals surface area contributed by atoms with Crippen LogP contribution in [0.25, 0.3) is 0 Å². The number of carbonyl (C=O) groups excluding carboxylic acids is 3. The number of rotatable bonds is 8. The third-order valence-electron chi connectivity index (χ3n) is 3.34. The van der Waals surface area contributed by atoms with Gasteiger partial charge < -0.3 is 21.1 Å². The quantitative estimate of drug-likeness (QED) is 0.562. The molecule has 0 fully saturated rings. The van der Waals surface area contributed by atoms with Crippen molar-refractivity contribution in [2.45, 2.75) is 39.5 Å². The van der Waals surface area contributed by atoms with Gasteiger partial charge in [-0.15, -0.1) is 0 Å². The molecule has 0 saturated carbocycles. The van der Waals surface area contributed by atoms with E-state index in [0.29, 0.717) is 0 Å². The van der Waals surface area contributed by atoms with E-state index in [1.165, 1.54) is 0 Å². The second-order valence-corrected chi connectivity index (χ2v) is 6.00. The minimum absolute atomic E-state index is 0.118. The molecule has 7 nitrogen and oxygen atoms in total. The van der Waals surface area contributed by atoms with Gasteiger partial charge in [0.2, 0.25) is 5.91 Å². The SMILES string of the molecule is CC([NH3+])C(=O)NC(C(=O)NCC(=O)OCc1ccccc1)C(C)C. The van der Waals surface area contributed by atoms with Crippen LogP contribution in [0.1, 0.15) is 26.3 Å². The Morgan fingerprint density at radius 1 is 1.08 bits per heavy atom. The lowest BCUT2D eigenvalue weighted by Gasteiger charge is -2.21. The molecule has 0 saturated heterocycles. The summed E-state index contributed by atoms with van der Waals surface area (Å²) in [4.78, 5) is 35.6. The monoisotopic (exact) mass is 336 g/mol. The largest absolute Gasteiger partial charge is 0.460 e. The fourth-order valence-corrected chi connectivity index (χ4v) is 1.89. The first-order chi connectivity index (χ1) is 11.3. The summed E-state index contributed by atoms with van der Waals surface area (Å²) >= 11 is 0. The normalized spacial score (nSPS) is 13.0. The van der Waals surface area contributed by atoms with Crippen molar-refractivity contribution in [2.75, 3.05) is 6.54 Å². The van der Waals surface area contributed by atoms with Crippen LogP contribution in [0.4, 0.5) is 0 Å². The topological polar surface area (TPSA) is 112 Å². The number of ether oxygens (including phenoxy) is 1. The molecule has 1 aromatic rings. The summed E-state index contributed by atoms with van der Waals surface area (Å²) in [6, 6.07) is 8.08. The van der Waals surface area contributed by atoms with Gasteiger partial charge in [0, 0.05) is 0 Å². The minimum atomic E-state index is -0.719. The highest BCUT2D eigenvalue weighted by Gasteiger charge is 2.26. The minimum Gasteiger partial charge on any atom is -0.460 e. The van der Waals surface area contributed by atoms with Gasteiger partial charge in [-0.1, -0.05) is 44.2 Å². The molecular formula is C17H26N3O4+. The van der Waals surface area contributed by atoms with E-state index in [0.717, 1.165) is 5.56 Å². The summed E-state index contributed by atoms with van der Waals surface area (Å²) in [7, 11) is 0. The summed E-state index contributed by atoms with van der Waals surface area (Å²) in [5, 5.41) is 5.13. The number of amides is 2. The number of nitrogens with one attached hydrogen (secondary N) is 2. The molecule has 2 unspecified atom stereocenters. The molecule has 0 aliphatic rings. The summed E-state index contributed by atoms with van der Waals surface area (Å²) in [6.45, 7) is 5.17. The van der Waals surface area contributed by atoms with Gasteiger partial charge in [-0.05, 0) is 18.4 Å². The molecule has 0 aromatic heterocycles. The number of benzene rings is 1. The second kappa shape index (κ2) is 9.67. The Balaban J connectivity index is 2.44. The smallest absolute Gasteiger partial charge is 0.325 e. The van der Waals surface area contributed by atoms with E-state index in [1.807, 2.05) is 44.2 Å². The Kier molecular flexibility index (Phi) is 7.91. The Labute approximate surface area is 141 Å². The number of quaternary nitrogens is 1. The maximum absolute atomic E-state index is 12.2. The lowest BCUT2D eigenvalue weighted by atomic mass is 10.0. The zero-order valence-electron chi connectivity index (χ0n) is 14.4. The first kappa shape index (κ1) is 19.6. The van der Waals surface area contributed by atoms with Gasteiger partial charge in [0.25, 0.3) is 5.91 Å². The van der Waals surface area contributed by atoms with Crippen LogP contribution in [0.15, 0.2) is 30.3 Å². The first-order valence-corrected chi connectivity index (χ1v) is 7.92. The van der Waals surface area contributed by atoms with Crippen LogP contribution in [0.3, 0.4) is 0 Å².